The molecule has 4 nitrogen and oxygen atoms in total. The molecule has 1 aliphatic heterocycles. The molecule has 1 heterocycles. The summed E-state index contributed by atoms with van der Waals surface area (Å²) in [5, 5.41) is 10.2. The number of benzene rings is 1. The first-order valence-electron chi connectivity index (χ1n) is 5.48. The van der Waals surface area contributed by atoms with Gasteiger partial charge in [-0.05, 0) is 32.0 Å². The Balaban J connectivity index is 2.56. The number of alkyl halides is 1. The molecular formula is C12H15BrO4S. The van der Waals surface area contributed by atoms with Crippen molar-refractivity contribution in [3.63, 3.8) is 0 Å². The van der Waals surface area contributed by atoms with E-state index in [0.29, 0.717) is 11.3 Å². The topological polar surface area (TPSA) is 63.6 Å². The first-order chi connectivity index (χ1) is 8.13. The summed E-state index contributed by atoms with van der Waals surface area (Å²) in [6, 6.07) is 4.56. The van der Waals surface area contributed by atoms with Crippen LogP contribution in [-0.4, -0.2) is 30.2 Å². The molecule has 2 unspecified atom stereocenters. The minimum Gasteiger partial charge on any atom is -0.486 e. The van der Waals surface area contributed by atoms with Crippen molar-refractivity contribution < 1.29 is 18.3 Å². The third kappa shape index (κ3) is 2.29. The lowest BCUT2D eigenvalue weighted by Gasteiger charge is -2.40. The van der Waals surface area contributed by atoms with E-state index in [1.54, 1.807) is 6.07 Å². The van der Waals surface area contributed by atoms with Crippen molar-refractivity contribution in [1.82, 2.24) is 0 Å². The van der Waals surface area contributed by atoms with Gasteiger partial charge in [-0.3, -0.25) is 0 Å². The molecule has 2 atom stereocenters. The fraction of sp³-hybridized carbons (Fsp3) is 0.500. The molecule has 0 radical (unpaired) electrons. The molecule has 6 heteroatoms. The number of aliphatic hydroxyl groups excluding tert-OH is 1. The summed E-state index contributed by atoms with van der Waals surface area (Å²) in [5.74, 6) is 0.524. The standard InChI is InChI=1S/C12H15BrO4S/c1-12(2)11(13)10(14)8-6-7(18(3,15)16)4-5-9(8)17-12/h4-6,10-11,14H,1-3H3. The molecule has 1 aliphatic rings. The van der Waals surface area contributed by atoms with Gasteiger partial charge in [0, 0.05) is 11.8 Å². The molecule has 18 heavy (non-hydrogen) atoms. The Morgan fingerprint density at radius 2 is 2.00 bits per heavy atom. The van der Waals surface area contributed by atoms with Gasteiger partial charge in [-0.15, -0.1) is 0 Å². The Hall–Kier alpha value is -0.590. The van der Waals surface area contributed by atoms with E-state index in [1.165, 1.54) is 12.1 Å². The molecule has 0 fully saturated rings. The Morgan fingerprint density at radius 3 is 2.56 bits per heavy atom. The second kappa shape index (κ2) is 4.21. The fourth-order valence-electron chi connectivity index (χ4n) is 1.96. The summed E-state index contributed by atoms with van der Waals surface area (Å²) in [6.45, 7) is 3.73. The summed E-state index contributed by atoms with van der Waals surface area (Å²) in [6.07, 6.45) is 0.339. The van der Waals surface area contributed by atoms with Crippen molar-refractivity contribution in [3.05, 3.63) is 23.8 Å². The number of halogens is 1. The predicted octanol–water partition coefficient (Wildman–Crippen LogP) is 2.06. The largest absolute Gasteiger partial charge is 0.486 e. The van der Waals surface area contributed by atoms with Crippen LogP contribution in [0.15, 0.2) is 23.1 Å². The maximum absolute atomic E-state index is 11.5. The molecule has 2 rings (SSSR count). The highest BCUT2D eigenvalue weighted by Crippen LogP contribution is 2.43. The van der Waals surface area contributed by atoms with Gasteiger partial charge in [-0.25, -0.2) is 8.42 Å². The van der Waals surface area contributed by atoms with Crippen molar-refractivity contribution in [2.75, 3.05) is 6.26 Å². The molecule has 0 saturated heterocycles. The van der Waals surface area contributed by atoms with Crippen LogP contribution in [0.25, 0.3) is 0 Å². The van der Waals surface area contributed by atoms with Gasteiger partial charge in [0.05, 0.1) is 15.8 Å². The maximum Gasteiger partial charge on any atom is 0.175 e. The first kappa shape index (κ1) is 13.8. The number of rotatable bonds is 1. The van der Waals surface area contributed by atoms with E-state index in [2.05, 4.69) is 15.9 Å². The van der Waals surface area contributed by atoms with Crippen molar-refractivity contribution in [1.29, 1.82) is 0 Å². The van der Waals surface area contributed by atoms with Crippen LogP contribution >= 0.6 is 15.9 Å². The van der Waals surface area contributed by atoms with Crippen molar-refractivity contribution in [2.45, 2.75) is 35.3 Å². The number of aliphatic hydroxyl groups is 1. The molecular weight excluding hydrogens is 320 g/mol. The van der Waals surface area contributed by atoms with E-state index in [4.69, 9.17) is 4.74 Å². The van der Waals surface area contributed by atoms with Gasteiger partial charge in [0.25, 0.3) is 0 Å². The Labute approximate surface area is 115 Å². The van der Waals surface area contributed by atoms with Gasteiger partial charge in [-0.1, -0.05) is 15.9 Å². The molecule has 0 bridgehead atoms. The highest BCUT2D eigenvalue weighted by atomic mass is 79.9. The van der Waals surface area contributed by atoms with Crippen molar-refractivity contribution >= 4 is 25.8 Å². The minimum absolute atomic E-state index is 0.184. The molecule has 1 aromatic rings. The van der Waals surface area contributed by atoms with Gasteiger partial charge in [0.2, 0.25) is 0 Å². The van der Waals surface area contributed by atoms with Gasteiger partial charge in [-0.2, -0.15) is 0 Å². The normalized spacial score (nSPS) is 26.3. The SMILES string of the molecule is CC1(C)Oc2ccc(S(C)(=O)=O)cc2C(O)C1Br. The zero-order valence-corrected chi connectivity index (χ0v) is 12.7. The highest BCUT2D eigenvalue weighted by Gasteiger charge is 2.41. The summed E-state index contributed by atoms with van der Waals surface area (Å²) in [5.41, 5.74) is -0.0573. The maximum atomic E-state index is 11.5. The molecule has 0 saturated carbocycles. The Bertz CT molecular complexity index is 580. The lowest BCUT2D eigenvalue weighted by atomic mass is 9.91. The predicted molar refractivity (Wildman–Crippen MR) is 71.9 cm³/mol. The van der Waals surface area contributed by atoms with Gasteiger partial charge in [0.15, 0.2) is 9.84 Å². The van der Waals surface area contributed by atoms with E-state index in [1.807, 2.05) is 13.8 Å². The molecule has 0 amide bonds. The second-order valence-corrected chi connectivity index (χ2v) is 8.03. The molecule has 1 aromatic carbocycles. The average Bonchev–Trinajstić information content (AvgIpc) is 2.24. The van der Waals surface area contributed by atoms with E-state index in [-0.39, 0.29) is 9.72 Å². The zero-order valence-electron chi connectivity index (χ0n) is 10.3. The summed E-state index contributed by atoms with van der Waals surface area (Å²) in [7, 11) is -3.29. The number of hydrogen-bond acceptors (Lipinski definition) is 4. The first-order valence-corrected chi connectivity index (χ1v) is 8.29. The number of sulfone groups is 1. The van der Waals surface area contributed by atoms with Crippen molar-refractivity contribution in [2.24, 2.45) is 0 Å². The smallest absolute Gasteiger partial charge is 0.175 e. The summed E-state index contributed by atoms with van der Waals surface area (Å²) < 4.78 is 28.8. The molecule has 100 valence electrons. The molecule has 0 aliphatic carbocycles. The van der Waals surface area contributed by atoms with Gasteiger partial charge >= 0.3 is 0 Å². The monoisotopic (exact) mass is 334 g/mol. The quantitative estimate of drug-likeness (QED) is 0.798. The third-order valence-corrected chi connectivity index (χ3v) is 5.76. The van der Waals surface area contributed by atoms with Gasteiger partial charge in [0.1, 0.15) is 11.4 Å². The van der Waals surface area contributed by atoms with Crippen LogP contribution < -0.4 is 4.74 Å². The van der Waals surface area contributed by atoms with Crippen LogP contribution in [0.3, 0.4) is 0 Å². The van der Waals surface area contributed by atoms with Crippen LogP contribution in [0.1, 0.15) is 25.5 Å². The summed E-state index contributed by atoms with van der Waals surface area (Å²) >= 11 is 3.40. The van der Waals surface area contributed by atoms with Crippen LogP contribution in [0.4, 0.5) is 0 Å². The van der Waals surface area contributed by atoms with Crippen molar-refractivity contribution in [3.8, 4) is 5.75 Å². The van der Waals surface area contributed by atoms with Gasteiger partial charge < -0.3 is 9.84 Å². The lowest BCUT2D eigenvalue weighted by Crippen LogP contribution is -2.45. The van der Waals surface area contributed by atoms with Crippen LogP contribution in [0, 0.1) is 0 Å². The Morgan fingerprint density at radius 1 is 1.39 bits per heavy atom. The van der Waals surface area contributed by atoms with Crippen LogP contribution in [0.2, 0.25) is 0 Å². The van der Waals surface area contributed by atoms with E-state index in [0.717, 1.165) is 6.26 Å². The molecule has 0 aromatic heterocycles. The van der Waals surface area contributed by atoms with Crippen LogP contribution in [0.5, 0.6) is 5.75 Å². The summed E-state index contributed by atoms with van der Waals surface area (Å²) in [4.78, 5) is -0.115. The molecule has 0 spiro atoms. The van der Waals surface area contributed by atoms with E-state index < -0.39 is 21.5 Å². The van der Waals surface area contributed by atoms with E-state index in [9.17, 15) is 13.5 Å². The molecule has 1 N–H and O–H groups in total. The van der Waals surface area contributed by atoms with Crippen LogP contribution in [-0.2, 0) is 9.84 Å². The number of fused-ring (bicyclic) bond motifs is 1. The van der Waals surface area contributed by atoms with E-state index >= 15 is 0 Å². The third-order valence-electron chi connectivity index (χ3n) is 3.04. The zero-order chi connectivity index (χ0) is 13.7. The number of hydrogen-bond donors (Lipinski definition) is 1. The minimum atomic E-state index is -3.29. The Kier molecular flexibility index (Phi) is 3.24. The number of ether oxygens (including phenoxy) is 1. The fourth-order valence-corrected chi connectivity index (χ4v) is 2.99. The highest BCUT2D eigenvalue weighted by molar-refractivity contribution is 9.09. The lowest BCUT2D eigenvalue weighted by molar-refractivity contribution is 0.0223. The average molecular weight is 335 g/mol. The second-order valence-electron chi connectivity index (χ2n) is 5.02.